The van der Waals surface area contributed by atoms with Crippen LogP contribution in [0.4, 0.5) is 8.78 Å². The maximum atomic E-state index is 13.1. The highest BCUT2D eigenvalue weighted by molar-refractivity contribution is 5.24. The Morgan fingerprint density at radius 1 is 1.18 bits per heavy atom. The molecule has 0 bridgehead atoms. The van der Waals surface area contributed by atoms with Gasteiger partial charge in [0, 0.05) is 6.07 Å². The molecule has 1 aliphatic carbocycles. The molecule has 1 nitrogen and oxygen atoms in total. The molecule has 0 spiro atoms. The first-order valence-electron chi connectivity index (χ1n) is 6.37. The van der Waals surface area contributed by atoms with Gasteiger partial charge in [-0.3, -0.25) is 0 Å². The van der Waals surface area contributed by atoms with E-state index >= 15 is 0 Å². The summed E-state index contributed by atoms with van der Waals surface area (Å²) in [7, 11) is 0. The second kappa shape index (κ2) is 5.58. The lowest BCUT2D eigenvalue weighted by molar-refractivity contribution is 0.245. The van der Waals surface area contributed by atoms with Crippen LogP contribution in [0.2, 0.25) is 0 Å². The summed E-state index contributed by atoms with van der Waals surface area (Å²) < 4.78 is 26.3. The Morgan fingerprint density at radius 3 is 2.41 bits per heavy atom. The van der Waals surface area contributed by atoms with Crippen molar-refractivity contribution in [2.45, 2.75) is 32.1 Å². The van der Waals surface area contributed by atoms with Crippen molar-refractivity contribution in [3.05, 3.63) is 35.4 Å². The molecule has 0 heterocycles. The van der Waals surface area contributed by atoms with E-state index in [2.05, 4.69) is 12.2 Å². The molecule has 0 saturated heterocycles. The molecular weight excluding hydrogens is 220 g/mol. The van der Waals surface area contributed by atoms with Gasteiger partial charge in [-0.2, -0.15) is 0 Å². The van der Waals surface area contributed by atoms with Crippen LogP contribution in [0.1, 0.15) is 37.7 Å². The Bertz CT molecular complexity index is 358. The van der Waals surface area contributed by atoms with Crippen LogP contribution in [0.15, 0.2) is 18.2 Å². The molecule has 94 valence electrons. The van der Waals surface area contributed by atoms with E-state index in [0.717, 1.165) is 44.0 Å². The maximum Gasteiger partial charge on any atom is 0.126 e. The Kier molecular flexibility index (Phi) is 4.11. The summed E-state index contributed by atoms with van der Waals surface area (Å²) in [5.41, 5.74) is 0.817. The normalized spacial score (nSPS) is 23.5. The van der Waals surface area contributed by atoms with Crippen molar-refractivity contribution in [3.8, 4) is 0 Å². The van der Waals surface area contributed by atoms with Crippen molar-refractivity contribution in [2.24, 2.45) is 5.92 Å². The summed E-state index contributed by atoms with van der Waals surface area (Å²) >= 11 is 0. The molecule has 1 aromatic rings. The standard InChI is InChI=1S/C14H19F2N/c1-2-5-17-9-10-3-4-14(10)11-6-12(15)8-13(16)7-11/h6-8,10,14,17H,2-5,9H2,1H3. The molecule has 1 aromatic carbocycles. The average Bonchev–Trinajstić information content (AvgIpc) is 2.21. The molecule has 3 heteroatoms. The van der Waals surface area contributed by atoms with E-state index in [-0.39, 0.29) is 0 Å². The minimum atomic E-state index is -0.466. The second-order valence-electron chi connectivity index (χ2n) is 4.85. The summed E-state index contributed by atoms with van der Waals surface area (Å²) in [5, 5.41) is 3.38. The molecule has 1 N–H and O–H groups in total. The van der Waals surface area contributed by atoms with Crippen molar-refractivity contribution in [2.75, 3.05) is 13.1 Å². The smallest absolute Gasteiger partial charge is 0.126 e. The number of halogens is 2. The van der Waals surface area contributed by atoms with E-state index in [1.807, 2.05) is 0 Å². The van der Waals surface area contributed by atoms with Gasteiger partial charge in [0.2, 0.25) is 0 Å². The zero-order valence-corrected chi connectivity index (χ0v) is 10.2. The van der Waals surface area contributed by atoms with Crippen LogP contribution in [0.5, 0.6) is 0 Å². The summed E-state index contributed by atoms with van der Waals surface area (Å²) in [6.07, 6.45) is 3.31. The van der Waals surface area contributed by atoms with E-state index in [1.54, 1.807) is 0 Å². The zero-order valence-electron chi connectivity index (χ0n) is 10.2. The molecule has 0 amide bonds. The molecule has 2 unspecified atom stereocenters. The van der Waals surface area contributed by atoms with Crippen LogP contribution in [-0.4, -0.2) is 13.1 Å². The van der Waals surface area contributed by atoms with Gasteiger partial charge in [-0.15, -0.1) is 0 Å². The lowest BCUT2D eigenvalue weighted by Gasteiger charge is -2.37. The third-order valence-electron chi connectivity index (χ3n) is 3.56. The van der Waals surface area contributed by atoms with Crippen molar-refractivity contribution in [3.63, 3.8) is 0 Å². The monoisotopic (exact) mass is 239 g/mol. The van der Waals surface area contributed by atoms with Gasteiger partial charge in [0.05, 0.1) is 0 Å². The largest absolute Gasteiger partial charge is 0.316 e. The fourth-order valence-corrected chi connectivity index (χ4v) is 2.51. The minimum Gasteiger partial charge on any atom is -0.316 e. The van der Waals surface area contributed by atoms with Gasteiger partial charge in [-0.25, -0.2) is 8.78 Å². The molecule has 1 saturated carbocycles. The Hall–Kier alpha value is -0.960. The predicted octanol–water partition coefficient (Wildman–Crippen LogP) is 3.46. The highest BCUT2D eigenvalue weighted by atomic mass is 19.1. The SMILES string of the molecule is CCCNCC1CCC1c1cc(F)cc(F)c1. The van der Waals surface area contributed by atoms with Crippen molar-refractivity contribution < 1.29 is 8.78 Å². The molecule has 17 heavy (non-hydrogen) atoms. The lowest BCUT2D eigenvalue weighted by Crippen LogP contribution is -2.34. The molecular formula is C14H19F2N. The first-order valence-corrected chi connectivity index (χ1v) is 6.37. The van der Waals surface area contributed by atoms with E-state index in [9.17, 15) is 8.78 Å². The molecule has 0 aliphatic heterocycles. The maximum absolute atomic E-state index is 13.1. The van der Waals surface area contributed by atoms with E-state index in [0.29, 0.717) is 11.8 Å². The van der Waals surface area contributed by atoms with Crippen molar-refractivity contribution >= 4 is 0 Å². The summed E-state index contributed by atoms with van der Waals surface area (Å²) in [6.45, 7) is 4.10. The van der Waals surface area contributed by atoms with Crippen molar-refractivity contribution in [1.82, 2.24) is 5.32 Å². The Labute approximate surface area is 101 Å². The van der Waals surface area contributed by atoms with Crippen LogP contribution >= 0.6 is 0 Å². The number of hydrogen-bond donors (Lipinski definition) is 1. The van der Waals surface area contributed by atoms with E-state index in [4.69, 9.17) is 0 Å². The molecule has 2 rings (SSSR count). The molecule has 2 atom stereocenters. The summed E-state index contributed by atoms with van der Waals surface area (Å²) in [4.78, 5) is 0. The van der Waals surface area contributed by atoms with Crippen LogP contribution in [0.25, 0.3) is 0 Å². The highest BCUT2D eigenvalue weighted by Crippen LogP contribution is 2.42. The van der Waals surface area contributed by atoms with Gasteiger partial charge in [-0.05, 0) is 61.9 Å². The van der Waals surface area contributed by atoms with Gasteiger partial charge >= 0.3 is 0 Å². The van der Waals surface area contributed by atoms with Crippen LogP contribution in [-0.2, 0) is 0 Å². The lowest BCUT2D eigenvalue weighted by atomic mass is 9.70. The number of nitrogens with one attached hydrogen (secondary N) is 1. The molecule has 1 fully saturated rings. The molecule has 0 aromatic heterocycles. The van der Waals surface area contributed by atoms with E-state index < -0.39 is 11.6 Å². The molecule has 0 radical (unpaired) electrons. The minimum absolute atomic E-state index is 0.324. The number of benzene rings is 1. The first-order chi connectivity index (χ1) is 8.20. The Morgan fingerprint density at radius 2 is 1.88 bits per heavy atom. The zero-order chi connectivity index (χ0) is 12.3. The second-order valence-corrected chi connectivity index (χ2v) is 4.85. The van der Waals surface area contributed by atoms with Crippen molar-refractivity contribution in [1.29, 1.82) is 0 Å². The summed E-state index contributed by atoms with van der Waals surface area (Å²) in [5.74, 6) is -0.0772. The highest BCUT2D eigenvalue weighted by Gasteiger charge is 2.32. The number of rotatable bonds is 5. The van der Waals surface area contributed by atoms with Gasteiger partial charge < -0.3 is 5.32 Å². The predicted molar refractivity (Wildman–Crippen MR) is 65.0 cm³/mol. The summed E-state index contributed by atoms with van der Waals surface area (Å²) in [6, 6.07) is 3.88. The van der Waals surface area contributed by atoms with Crippen LogP contribution in [0.3, 0.4) is 0 Å². The quantitative estimate of drug-likeness (QED) is 0.776. The van der Waals surface area contributed by atoms with Crippen LogP contribution < -0.4 is 5.32 Å². The number of hydrogen-bond acceptors (Lipinski definition) is 1. The average molecular weight is 239 g/mol. The van der Waals surface area contributed by atoms with Gasteiger partial charge in [0.1, 0.15) is 11.6 Å². The van der Waals surface area contributed by atoms with E-state index in [1.165, 1.54) is 12.1 Å². The van der Waals surface area contributed by atoms with Gasteiger partial charge in [-0.1, -0.05) is 6.92 Å². The topological polar surface area (TPSA) is 12.0 Å². The van der Waals surface area contributed by atoms with Gasteiger partial charge in [0.25, 0.3) is 0 Å². The fourth-order valence-electron chi connectivity index (χ4n) is 2.51. The fraction of sp³-hybridized carbons (Fsp3) is 0.571. The molecule has 1 aliphatic rings. The van der Waals surface area contributed by atoms with Crippen LogP contribution in [0, 0.1) is 17.6 Å². The Balaban J connectivity index is 1.97. The third-order valence-corrected chi connectivity index (χ3v) is 3.56. The first kappa shape index (κ1) is 12.5. The third kappa shape index (κ3) is 3.03. The van der Waals surface area contributed by atoms with Gasteiger partial charge in [0.15, 0.2) is 0 Å².